The Bertz CT molecular complexity index is 862. The molecule has 0 spiro atoms. The van der Waals surface area contributed by atoms with Crippen molar-refractivity contribution >= 4 is 8.32 Å². The van der Waals surface area contributed by atoms with Gasteiger partial charge in [-0.3, -0.25) is 0 Å². The zero-order valence-corrected chi connectivity index (χ0v) is 19.5. The Balaban J connectivity index is 1.37. The van der Waals surface area contributed by atoms with Crippen molar-refractivity contribution in [2.24, 2.45) is 0 Å². The quantitative estimate of drug-likeness (QED) is 0.497. The number of aromatic nitrogens is 2. The Hall–Kier alpha value is -1.46. The fourth-order valence-corrected chi connectivity index (χ4v) is 6.11. The second-order valence-corrected chi connectivity index (χ2v) is 15.3. The van der Waals surface area contributed by atoms with Crippen molar-refractivity contribution in [3.63, 3.8) is 0 Å². The van der Waals surface area contributed by atoms with Gasteiger partial charge in [0, 0.05) is 11.7 Å². The molecule has 1 fully saturated rings. The molecule has 158 valence electrons. The van der Waals surface area contributed by atoms with E-state index in [0.717, 1.165) is 25.0 Å². The van der Waals surface area contributed by atoms with Crippen LogP contribution in [-0.4, -0.2) is 29.6 Å². The number of imidazole rings is 1. The maximum atomic E-state index is 15.7. The van der Waals surface area contributed by atoms with Crippen LogP contribution < -0.4 is 0 Å². The first kappa shape index (κ1) is 20.8. The van der Waals surface area contributed by atoms with Gasteiger partial charge in [-0.15, -0.1) is 0 Å². The number of nitrogens with zero attached hydrogens (tertiary/aromatic N) is 2. The topological polar surface area (TPSA) is 27.1 Å². The first-order chi connectivity index (χ1) is 13.6. The van der Waals surface area contributed by atoms with Gasteiger partial charge < -0.3 is 8.99 Å². The van der Waals surface area contributed by atoms with E-state index in [-0.39, 0.29) is 17.2 Å². The first-order valence-corrected chi connectivity index (χ1v) is 14.0. The lowest BCUT2D eigenvalue weighted by atomic mass is 9.80. The number of alkyl halides is 1. The highest BCUT2D eigenvalue weighted by Crippen LogP contribution is 2.46. The van der Waals surface area contributed by atoms with Crippen molar-refractivity contribution in [2.45, 2.75) is 95.2 Å². The van der Waals surface area contributed by atoms with Gasteiger partial charge in [0.15, 0.2) is 8.32 Å². The highest BCUT2D eigenvalue weighted by Gasteiger charge is 2.42. The van der Waals surface area contributed by atoms with E-state index in [1.54, 1.807) is 0 Å². The van der Waals surface area contributed by atoms with Crippen LogP contribution in [0.1, 0.15) is 70.9 Å². The Morgan fingerprint density at radius 1 is 1.21 bits per heavy atom. The molecule has 1 atom stereocenters. The molecule has 1 unspecified atom stereocenters. The van der Waals surface area contributed by atoms with Crippen LogP contribution >= 0.6 is 0 Å². The minimum Gasteiger partial charge on any atom is -0.414 e. The first-order valence-electron chi connectivity index (χ1n) is 11.1. The second-order valence-electron chi connectivity index (χ2n) is 10.6. The molecule has 0 saturated heterocycles. The van der Waals surface area contributed by atoms with Crippen molar-refractivity contribution in [1.82, 2.24) is 9.55 Å². The normalized spacial score (nSPS) is 27.0. The summed E-state index contributed by atoms with van der Waals surface area (Å²) in [6, 6.07) is 8.69. The van der Waals surface area contributed by atoms with Gasteiger partial charge in [-0.1, -0.05) is 45.0 Å². The number of benzene rings is 1. The molecule has 4 rings (SSSR count). The summed E-state index contributed by atoms with van der Waals surface area (Å²) >= 11 is 0. The summed E-state index contributed by atoms with van der Waals surface area (Å²) in [6.07, 6.45) is 8.42. The van der Waals surface area contributed by atoms with Crippen molar-refractivity contribution in [3.05, 3.63) is 42.4 Å². The fraction of sp³-hybridized carbons (Fsp3) is 0.625. The van der Waals surface area contributed by atoms with E-state index >= 15 is 4.39 Å². The summed E-state index contributed by atoms with van der Waals surface area (Å²) in [4.78, 5) is 4.33. The lowest BCUT2D eigenvalue weighted by Gasteiger charge is -2.42. The molecule has 2 heterocycles. The van der Waals surface area contributed by atoms with Gasteiger partial charge in [-0.2, -0.15) is 0 Å². The molecule has 0 N–H and O–H groups in total. The van der Waals surface area contributed by atoms with E-state index in [4.69, 9.17) is 4.43 Å². The van der Waals surface area contributed by atoms with E-state index in [1.165, 1.54) is 11.1 Å². The van der Waals surface area contributed by atoms with Crippen molar-refractivity contribution in [2.75, 3.05) is 0 Å². The van der Waals surface area contributed by atoms with Crippen LogP contribution in [0, 0.1) is 0 Å². The molecule has 1 aromatic carbocycles. The van der Waals surface area contributed by atoms with Crippen LogP contribution in [0.5, 0.6) is 0 Å². The number of fused-ring (bicyclic) bond motifs is 3. The fourth-order valence-electron chi connectivity index (χ4n) is 4.69. The van der Waals surface area contributed by atoms with Crippen molar-refractivity contribution in [3.8, 4) is 11.3 Å². The Labute approximate surface area is 175 Å². The molecule has 0 bridgehead atoms. The van der Waals surface area contributed by atoms with Crippen LogP contribution in [0.25, 0.3) is 11.3 Å². The van der Waals surface area contributed by atoms with Gasteiger partial charge >= 0.3 is 0 Å². The molecule has 2 aliphatic rings. The van der Waals surface area contributed by atoms with Crippen LogP contribution in [-0.2, 0) is 4.43 Å². The van der Waals surface area contributed by atoms with E-state index in [0.29, 0.717) is 19.3 Å². The average molecular weight is 415 g/mol. The highest BCUT2D eigenvalue weighted by atomic mass is 28.4. The third-order valence-corrected chi connectivity index (χ3v) is 12.1. The molecule has 1 saturated carbocycles. The molecule has 1 aliphatic carbocycles. The highest BCUT2D eigenvalue weighted by molar-refractivity contribution is 6.74. The molecule has 3 nitrogen and oxygen atoms in total. The molecule has 1 aromatic heterocycles. The van der Waals surface area contributed by atoms with Gasteiger partial charge in [-0.25, -0.2) is 9.37 Å². The summed E-state index contributed by atoms with van der Waals surface area (Å²) in [5.74, 6) is 0. The SMILES string of the molecule is CC(C)(C)[Si](C)(C)OC1CCC(F)(CCC2c3ccccc3-c3cncn32)CC1. The molecule has 29 heavy (non-hydrogen) atoms. The zero-order valence-electron chi connectivity index (χ0n) is 18.5. The van der Waals surface area contributed by atoms with Gasteiger partial charge in [0.25, 0.3) is 0 Å². The summed E-state index contributed by atoms with van der Waals surface area (Å²) in [7, 11) is -1.78. The Kier molecular flexibility index (Phi) is 5.27. The molecule has 1 aliphatic heterocycles. The third-order valence-electron chi connectivity index (χ3n) is 7.56. The predicted molar refractivity (Wildman–Crippen MR) is 119 cm³/mol. The lowest BCUT2D eigenvalue weighted by molar-refractivity contribution is 0.0302. The molecule has 2 aromatic rings. The van der Waals surface area contributed by atoms with Crippen LogP contribution in [0.2, 0.25) is 18.1 Å². The number of rotatable bonds is 5. The van der Waals surface area contributed by atoms with Crippen LogP contribution in [0.15, 0.2) is 36.8 Å². The van der Waals surface area contributed by atoms with Crippen LogP contribution in [0.4, 0.5) is 4.39 Å². The maximum absolute atomic E-state index is 15.7. The lowest BCUT2D eigenvalue weighted by Crippen LogP contribution is -2.46. The maximum Gasteiger partial charge on any atom is 0.192 e. The predicted octanol–water partition coefficient (Wildman–Crippen LogP) is 6.91. The summed E-state index contributed by atoms with van der Waals surface area (Å²) in [5.41, 5.74) is 2.65. The number of hydrogen-bond acceptors (Lipinski definition) is 2. The van der Waals surface area contributed by atoms with Crippen molar-refractivity contribution in [1.29, 1.82) is 0 Å². The minimum absolute atomic E-state index is 0.204. The van der Waals surface area contributed by atoms with E-state index in [2.05, 4.69) is 67.7 Å². The summed E-state index contributed by atoms with van der Waals surface area (Å²) < 4.78 is 24.5. The molecule has 0 amide bonds. The minimum atomic E-state index is -1.78. The monoisotopic (exact) mass is 414 g/mol. The van der Waals surface area contributed by atoms with E-state index in [1.807, 2.05) is 12.5 Å². The zero-order chi connectivity index (χ0) is 20.9. The Morgan fingerprint density at radius 3 is 2.59 bits per heavy atom. The molecular weight excluding hydrogens is 379 g/mol. The smallest absolute Gasteiger partial charge is 0.192 e. The molecule has 0 radical (unpaired) electrons. The molecular formula is C24H35FN2OSi. The largest absolute Gasteiger partial charge is 0.414 e. The number of hydrogen-bond donors (Lipinski definition) is 0. The third kappa shape index (κ3) is 3.96. The molecule has 5 heteroatoms. The van der Waals surface area contributed by atoms with E-state index < -0.39 is 14.0 Å². The van der Waals surface area contributed by atoms with Gasteiger partial charge in [0.05, 0.1) is 24.3 Å². The standard InChI is InChI=1S/C24H35FN2OSi/c1-23(2,3)29(4,5)28-18-10-13-24(25,14-11-18)15-12-21-19-8-6-7-9-20(19)22-16-26-17-27(21)22/h6-9,16-18,21H,10-15H2,1-5H3. The Morgan fingerprint density at radius 2 is 1.90 bits per heavy atom. The van der Waals surface area contributed by atoms with Gasteiger partial charge in [0.2, 0.25) is 0 Å². The summed E-state index contributed by atoms with van der Waals surface area (Å²) in [6.45, 7) is 11.4. The van der Waals surface area contributed by atoms with Crippen molar-refractivity contribution < 1.29 is 8.82 Å². The van der Waals surface area contributed by atoms with Crippen LogP contribution in [0.3, 0.4) is 0 Å². The van der Waals surface area contributed by atoms with Gasteiger partial charge in [0.1, 0.15) is 5.67 Å². The summed E-state index contributed by atoms with van der Waals surface area (Å²) in [5, 5.41) is 0.204. The number of halogens is 1. The second kappa shape index (κ2) is 7.35. The van der Waals surface area contributed by atoms with E-state index in [9.17, 15) is 0 Å². The average Bonchev–Trinajstić information content (AvgIpc) is 3.23. The van der Waals surface area contributed by atoms with Gasteiger partial charge in [-0.05, 0) is 62.2 Å².